The average Bonchev–Trinajstić information content (AvgIpc) is 3.25. The first-order chi connectivity index (χ1) is 11.5. The number of ether oxygens (including phenoxy) is 1. The molecule has 0 spiro atoms. The zero-order valence-corrected chi connectivity index (χ0v) is 14.6. The summed E-state index contributed by atoms with van der Waals surface area (Å²) in [7, 11) is -2.24. The highest BCUT2D eigenvalue weighted by molar-refractivity contribution is 7.91. The van der Waals surface area contributed by atoms with Crippen LogP contribution in [0.5, 0.6) is 5.75 Å². The maximum absolute atomic E-state index is 12.8. The van der Waals surface area contributed by atoms with Crippen LogP contribution in [0.3, 0.4) is 0 Å². The highest BCUT2D eigenvalue weighted by atomic mass is 32.2. The van der Waals surface area contributed by atoms with E-state index in [9.17, 15) is 13.2 Å². The summed E-state index contributed by atoms with van der Waals surface area (Å²) in [6.07, 6.45) is 3.07. The van der Waals surface area contributed by atoms with E-state index >= 15 is 0 Å². The number of nitrogens with one attached hydrogen (secondary N) is 1. The molecule has 1 aliphatic rings. The number of hydrogen-bond donors (Lipinski definition) is 1. The Bertz CT molecular complexity index is 793. The molecule has 1 amide bonds. The van der Waals surface area contributed by atoms with Crippen molar-refractivity contribution in [3.63, 3.8) is 0 Å². The van der Waals surface area contributed by atoms with Gasteiger partial charge in [-0.15, -0.1) is 11.3 Å². The summed E-state index contributed by atoms with van der Waals surface area (Å²) >= 11 is 1.13. The number of nitrogens with zero attached hydrogens (tertiary/aromatic N) is 2. The molecule has 1 aliphatic heterocycles. The second kappa shape index (κ2) is 6.88. The Kier molecular flexibility index (Phi) is 4.83. The number of sulfonamides is 1. The third-order valence-electron chi connectivity index (χ3n) is 3.76. The fourth-order valence-corrected chi connectivity index (χ4v) is 5.41. The Morgan fingerprint density at radius 2 is 2.25 bits per heavy atom. The molecular formula is C15H17N3O4S2. The van der Waals surface area contributed by atoms with Gasteiger partial charge < -0.3 is 10.1 Å². The minimum atomic E-state index is -3.73. The van der Waals surface area contributed by atoms with Gasteiger partial charge in [0, 0.05) is 19.7 Å². The Hall–Kier alpha value is -1.97. The van der Waals surface area contributed by atoms with Crippen molar-refractivity contribution in [3.05, 3.63) is 42.0 Å². The fourth-order valence-electron chi connectivity index (χ4n) is 2.66. The summed E-state index contributed by atoms with van der Waals surface area (Å²) in [5.41, 5.74) is 0. The number of carbonyl (C=O) groups excluding carboxylic acids is 1. The first-order valence-corrected chi connectivity index (χ1v) is 9.68. The predicted molar refractivity (Wildman–Crippen MR) is 89.3 cm³/mol. The molecule has 7 nitrogen and oxygen atoms in total. The van der Waals surface area contributed by atoms with Gasteiger partial charge in [0.15, 0.2) is 0 Å². The molecule has 128 valence electrons. The zero-order chi connectivity index (χ0) is 17.2. The van der Waals surface area contributed by atoms with E-state index in [4.69, 9.17) is 4.74 Å². The normalized spacial score (nSPS) is 21.5. The van der Waals surface area contributed by atoms with Crippen molar-refractivity contribution in [1.82, 2.24) is 14.6 Å². The van der Waals surface area contributed by atoms with Crippen molar-refractivity contribution in [2.75, 3.05) is 13.6 Å². The summed E-state index contributed by atoms with van der Waals surface area (Å²) in [6, 6.07) is 5.91. The Morgan fingerprint density at radius 1 is 1.42 bits per heavy atom. The maximum atomic E-state index is 12.8. The molecule has 1 fully saturated rings. The smallest absolute Gasteiger partial charge is 0.253 e. The molecule has 0 saturated carbocycles. The van der Waals surface area contributed by atoms with Crippen molar-refractivity contribution < 1.29 is 17.9 Å². The van der Waals surface area contributed by atoms with Crippen LogP contribution in [0.4, 0.5) is 0 Å². The third kappa shape index (κ3) is 3.28. The average molecular weight is 367 g/mol. The van der Waals surface area contributed by atoms with Crippen molar-refractivity contribution in [2.24, 2.45) is 0 Å². The Morgan fingerprint density at radius 3 is 2.88 bits per heavy atom. The Labute approximate surface area is 144 Å². The molecule has 1 N–H and O–H groups in total. The van der Waals surface area contributed by atoms with Crippen LogP contribution in [0, 0.1) is 0 Å². The zero-order valence-electron chi connectivity index (χ0n) is 13.0. The first-order valence-electron chi connectivity index (χ1n) is 7.36. The molecule has 9 heteroatoms. The van der Waals surface area contributed by atoms with E-state index in [0.29, 0.717) is 12.2 Å². The molecule has 24 heavy (non-hydrogen) atoms. The summed E-state index contributed by atoms with van der Waals surface area (Å²) < 4.78 is 32.9. The van der Waals surface area contributed by atoms with Crippen LogP contribution in [0.15, 0.2) is 46.2 Å². The van der Waals surface area contributed by atoms with E-state index < -0.39 is 22.2 Å². The molecule has 0 bridgehead atoms. The van der Waals surface area contributed by atoms with Crippen LogP contribution < -0.4 is 10.1 Å². The van der Waals surface area contributed by atoms with Crippen molar-refractivity contribution >= 4 is 27.3 Å². The summed E-state index contributed by atoms with van der Waals surface area (Å²) in [5, 5.41) is 4.23. The van der Waals surface area contributed by atoms with Gasteiger partial charge in [-0.2, -0.15) is 4.31 Å². The number of thiophene rings is 1. The second-order valence-corrected chi connectivity index (χ2v) is 8.37. The van der Waals surface area contributed by atoms with Gasteiger partial charge in [-0.05, 0) is 23.6 Å². The molecule has 0 radical (unpaired) electrons. The van der Waals surface area contributed by atoms with Gasteiger partial charge >= 0.3 is 0 Å². The number of amides is 1. The summed E-state index contributed by atoms with van der Waals surface area (Å²) in [4.78, 5) is 16.1. The van der Waals surface area contributed by atoms with Crippen LogP contribution in [0.1, 0.15) is 6.42 Å². The second-order valence-electron chi connectivity index (χ2n) is 5.30. The van der Waals surface area contributed by atoms with Gasteiger partial charge in [0.2, 0.25) is 5.91 Å². The van der Waals surface area contributed by atoms with E-state index in [1.807, 2.05) is 0 Å². The molecule has 0 aliphatic carbocycles. The highest BCUT2D eigenvalue weighted by Crippen LogP contribution is 2.30. The number of hydrogen-bond acceptors (Lipinski definition) is 6. The molecule has 3 rings (SSSR count). The van der Waals surface area contributed by atoms with Crippen LogP contribution in [-0.2, 0) is 14.8 Å². The molecule has 0 aromatic carbocycles. The maximum Gasteiger partial charge on any atom is 0.253 e. The lowest BCUT2D eigenvalue weighted by Crippen LogP contribution is -2.44. The number of carbonyl (C=O) groups is 1. The van der Waals surface area contributed by atoms with Gasteiger partial charge in [0.05, 0.1) is 12.7 Å². The third-order valence-corrected chi connectivity index (χ3v) is 7.01. The van der Waals surface area contributed by atoms with Crippen LogP contribution in [0.2, 0.25) is 0 Å². The quantitative estimate of drug-likeness (QED) is 0.855. The van der Waals surface area contributed by atoms with Crippen molar-refractivity contribution in [1.29, 1.82) is 0 Å². The standard InChI is InChI=1S/C15H17N3O4S2/c1-16-15(19)13-8-12(22-11-4-2-6-17-9-11)10-18(13)24(20,21)14-5-3-7-23-14/h2-7,9,12-13H,8,10H2,1H3,(H,16,19)/t12-,13-/m0/s1. The lowest BCUT2D eigenvalue weighted by atomic mass is 10.2. The van der Waals surface area contributed by atoms with Gasteiger partial charge in [-0.3, -0.25) is 9.78 Å². The topological polar surface area (TPSA) is 88.6 Å². The molecule has 2 atom stereocenters. The van der Waals surface area contributed by atoms with Crippen LogP contribution in [-0.4, -0.2) is 49.4 Å². The largest absolute Gasteiger partial charge is 0.487 e. The molecule has 0 unspecified atom stereocenters. The lowest BCUT2D eigenvalue weighted by molar-refractivity contribution is -0.123. The van der Waals surface area contributed by atoms with E-state index in [2.05, 4.69) is 10.3 Å². The minimum Gasteiger partial charge on any atom is -0.487 e. The van der Waals surface area contributed by atoms with Crippen molar-refractivity contribution in [3.8, 4) is 5.75 Å². The van der Waals surface area contributed by atoms with E-state index in [1.165, 1.54) is 17.4 Å². The predicted octanol–water partition coefficient (Wildman–Crippen LogP) is 1.10. The molecule has 2 aromatic heterocycles. The van der Waals surface area contributed by atoms with Gasteiger partial charge in [-0.25, -0.2) is 8.42 Å². The number of aromatic nitrogens is 1. The number of rotatable bonds is 5. The van der Waals surface area contributed by atoms with Crippen LogP contribution in [0.25, 0.3) is 0 Å². The molecular weight excluding hydrogens is 350 g/mol. The number of likely N-dealkylation sites (N-methyl/N-ethyl adjacent to an activating group) is 1. The van der Waals surface area contributed by atoms with Gasteiger partial charge in [-0.1, -0.05) is 6.07 Å². The van der Waals surface area contributed by atoms with Gasteiger partial charge in [0.1, 0.15) is 22.1 Å². The Balaban J connectivity index is 1.85. The fraction of sp³-hybridized carbons (Fsp3) is 0.333. The summed E-state index contributed by atoms with van der Waals surface area (Å²) in [6.45, 7) is 0.118. The van der Waals surface area contributed by atoms with Gasteiger partial charge in [0.25, 0.3) is 10.0 Å². The molecule has 1 saturated heterocycles. The molecule has 3 heterocycles. The highest BCUT2D eigenvalue weighted by Gasteiger charge is 2.45. The lowest BCUT2D eigenvalue weighted by Gasteiger charge is -2.21. The van der Waals surface area contributed by atoms with E-state index in [1.54, 1.807) is 36.0 Å². The molecule has 2 aromatic rings. The SMILES string of the molecule is CNC(=O)[C@@H]1C[C@H](Oc2cccnc2)CN1S(=O)(=O)c1cccs1. The van der Waals surface area contributed by atoms with Crippen molar-refractivity contribution in [2.45, 2.75) is 22.8 Å². The minimum absolute atomic E-state index is 0.118. The van der Waals surface area contributed by atoms with E-state index in [-0.39, 0.29) is 16.7 Å². The van der Waals surface area contributed by atoms with E-state index in [0.717, 1.165) is 11.3 Å². The first kappa shape index (κ1) is 16.9. The number of pyridine rings is 1. The summed E-state index contributed by atoms with van der Waals surface area (Å²) in [5.74, 6) is 0.209. The monoisotopic (exact) mass is 367 g/mol. The van der Waals surface area contributed by atoms with Crippen LogP contribution >= 0.6 is 11.3 Å².